The number of anilines is 2. The van der Waals surface area contributed by atoms with Gasteiger partial charge in [-0.15, -0.1) is 22.7 Å². The fraction of sp³-hybridized carbons (Fsp3) is 0.392. The molecule has 376 valence electrons. The normalized spacial score (nSPS) is 17.8. The van der Waals surface area contributed by atoms with E-state index < -0.39 is 11.7 Å². The maximum Gasteiger partial charge on any atom is 0.410 e. The molecular weight excluding hydrogens is 951 g/mol. The Hall–Kier alpha value is -7.39. The van der Waals surface area contributed by atoms with E-state index in [1.165, 1.54) is 0 Å². The van der Waals surface area contributed by atoms with Crippen LogP contribution in [-0.2, 0) is 14.3 Å². The van der Waals surface area contributed by atoms with Crippen LogP contribution in [0.25, 0.3) is 66.0 Å². The molecule has 0 aromatic carbocycles. The highest BCUT2D eigenvalue weighted by atomic mass is 32.1. The molecule has 0 spiro atoms. The molecule has 1 aliphatic carbocycles. The lowest BCUT2D eigenvalue weighted by atomic mass is 9.85. The Balaban J connectivity index is 0.000000193. The topological polar surface area (TPSA) is 246 Å². The van der Waals surface area contributed by atoms with Gasteiger partial charge >= 0.3 is 6.09 Å². The average molecular weight is 1010 g/mol. The second kappa shape index (κ2) is 21.9. The van der Waals surface area contributed by atoms with E-state index in [4.69, 9.17) is 24.7 Å². The number of amides is 3. The molecule has 8 aromatic heterocycles. The molecule has 1 saturated heterocycles. The molecule has 4 atom stereocenters. The van der Waals surface area contributed by atoms with Crippen molar-refractivity contribution in [3.8, 4) is 43.9 Å². The fourth-order valence-electron chi connectivity index (χ4n) is 9.11. The number of nitrogens with zero attached hydrogens (tertiary/aromatic N) is 9. The Morgan fingerprint density at radius 3 is 1.69 bits per heavy atom. The number of aryl methyl sites for hydroxylation is 2. The van der Waals surface area contributed by atoms with Crippen molar-refractivity contribution in [1.29, 1.82) is 0 Å². The van der Waals surface area contributed by atoms with Gasteiger partial charge in [0.1, 0.15) is 38.3 Å². The van der Waals surface area contributed by atoms with Gasteiger partial charge in [-0.2, -0.15) is 0 Å². The molecule has 1 aliphatic heterocycles. The van der Waals surface area contributed by atoms with Crippen LogP contribution < -0.4 is 21.3 Å². The number of fused-ring (bicyclic) bond motifs is 2. The lowest BCUT2D eigenvalue weighted by molar-refractivity contribution is -0.126. The van der Waals surface area contributed by atoms with Gasteiger partial charge in [0.15, 0.2) is 0 Å². The zero-order valence-corrected chi connectivity index (χ0v) is 42.3. The molecule has 2 fully saturated rings. The number of hydrogen-bond acceptors (Lipinski definition) is 16. The minimum absolute atomic E-state index is 0. The molecule has 3 amide bonds. The Morgan fingerprint density at radius 2 is 1.19 bits per heavy atom. The number of thiazole rings is 2. The smallest absolute Gasteiger partial charge is 0.410 e. The summed E-state index contributed by atoms with van der Waals surface area (Å²) < 4.78 is 5.58. The third-order valence-corrected chi connectivity index (χ3v) is 14.1. The van der Waals surface area contributed by atoms with Crippen molar-refractivity contribution in [2.24, 2.45) is 11.8 Å². The molecule has 10 rings (SSSR count). The van der Waals surface area contributed by atoms with E-state index in [1.54, 1.807) is 60.3 Å². The van der Waals surface area contributed by atoms with Crippen LogP contribution in [-0.4, -0.2) is 118 Å². The van der Waals surface area contributed by atoms with Crippen molar-refractivity contribution in [3.05, 3.63) is 83.3 Å². The van der Waals surface area contributed by atoms with E-state index in [2.05, 4.69) is 57.2 Å². The molecule has 9 heterocycles. The molecular formula is C51H61N15O4S2. The molecule has 19 nitrogen and oxygen atoms in total. The number of nitrogens with one attached hydrogen (secondary N) is 6. The maximum atomic E-state index is 12.8. The van der Waals surface area contributed by atoms with Gasteiger partial charge in [0.25, 0.3) is 0 Å². The Kier molecular flexibility index (Phi) is 15.5. The summed E-state index contributed by atoms with van der Waals surface area (Å²) in [5.74, 6) is 0.668. The van der Waals surface area contributed by atoms with Crippen molar-refractivity contribution in [2.75, 3.05) is 37.8 Å². The van der Waals surface area contributed by atoms with Crippen LogP contribution in [0.5, 0.6) is 0 Å². The highest BCUT2D eigenvalue weighted by Gasteiger charge is 2.36. The van der Waals surface area contributed by atoms with Crippen molar-refractivity contribution in [2.45, 2.75) is 91.8 Å². The molecule has 0 bridgehead atoms. The van der Waals surface area contributed by atoms with E-state index >= 15 is 0 Å². The number of hydrogen-bond donors (Lipinski definition) is 6. The number of carbonyl (C=O) groups is 3. The molecule has 72 heavy (non-hydrogen) atoms. The van der Waals surface area contributed by atoms with Crippen LogP contribution in [0.15, 0.2) is 72.2 Å². The number of aromatic amines is 2. The van der Waals surface area contributed by atoms with Crippen LogP contribution in [0.2, 0.25) is 0 Å². The van der Waals surface area contributed by atoms with Gasteiger partial charge in [-0.3, -0.25) is 9.59 Å². The summed E-state index contributed by atoms with van der Waals surface area (Å²) in [5.41, 5.74) is 8.03. The zero-order chi connectivity index (χ0) is 49.8. The SMILES string of the molecule is C.CNC(=O)[C@@H]1C[C@H](Nc2ncc(C)c(-c3c[nH]c4nc(-c5nccs5)ccc34)n2)CN(C(=O)OC(C)(C)C)C1.CNC(=O)[C@H]1CCC[C@@H](Nc2ncc(C)c(-c3c[nH]c4nc(-c5nccs5)ccc34)n2)C1. The highest BCUT2D eigenvalue weighted by Crippen LogP contribution is 2.34. The summed E-state index contributed by atoms with van der Waals surface area (Å²) in [6.45, 7) is 10.1. The predicted octanol–water partition coefficient (Wildman–Crippen LogP) is 9.04. The maximum absolute atomic E-state index is 12.8. The third kappa shape index (κ3) is 11.5. The van der Waals surface area contributed by atoms with E-state index in [1.807, 2.05) is 82.2 Å². The lowest BCUT2D eigenvalue weighted by Gasteiger charge is -2.38. The molecule has 1 saturated carbocycles. The first kappa shape index (κ1) is 51.0. The minimum atomic E-state index is -0.635. The third-order valence-electron chi connectivity index (χ3n) is 12.5. The first-order valence-corrected chi connectivity index (χ1v) is 25.4. The Morgan fingerprint density at radius 1 is 0.681 bits per heavy atom. The van der Waals surface area contributed by atoms with Crippen molar-refractivity contribution < 1.29 is 19.1 Å². The largest absolute Gasteiger partial charge is 0.444 e. The van der Waals surface area contributed by atoms with Gasteiger partial charge in [-0.1, -0.05) is 13.8 Å². The number of rotatable bonds is 10. The molecule has 0 unspecified atom stereocenters. The van der Waals surface area contributed by atoms with E-state index in [0.29, 0.717) is 24.9 Å². The van der Waals surface area contributed by atoms with Gasteiger partial charge in [0.2, 0.25) is 23.7 Å². The monoisotopic (exact) mass is 1010 g/mol. The standard InChI is InChI=1S/C27H32N8O3S.C23H25N7OS.CH4/c1-15-11-31-25(32-17-10-16(23(36)28-5)13-35(14-17)26(37)38-27(2,3)4)34-21(15)19-12-30-22-18(19)6-7-20(33-22)24-29-8-9-39-24;1-13-11-27-23(28-15-5-3-4-14(10-15)21(31)24-2)30-19(13)17-12-26-20-16(17)6-7-18(29-20)22-25-8-9-32-22;/h6-9,11-12,16-17H,10,13-14H2,1-5H3,(H,28,36)(H,30,33)(H,31,32,34);6-9,11-12,14-15H,3-5,10H2,1-2H3,(H,24,31)(H,26,29)(H,27,28,30);1H4/t16-,17+;14-,15+;/m10./s1. The second-order valence-electron chi connectivity index (χ2n) is 18.8. The van der Waals surface area contributed by atoms with Crippen LogP contribution in [0.4, 0.5) is 16.7 Å². The van der Waals surface area contributed by atoms with Crippen LogP contribution in [0, 0.1) is 25.7 Å². The molecule has 2 aliphatic rings. The number of piperidine rings is 1. The number of aromatic nitrogens is 10. The molecule has 6 N–H and O–H groups in total. The van der Waals surface area contributed by atoms with Gasteiger partial charge in [0.05, 0.1) is 17.3 Å². The summed E-state index contributed by atoms with van der Waals surface area (Å²) in [7, 11) is 3.30. The number of ether oxygens (including phenoxy) is 1. The van der Waals surface area contributed by atoms with Gasteiger partial charge < -0.3 is 40.9 Å². The van der Waals surface area contributed by atoms with Crippen molar-refractivity contribution in [1.82, 2.24) is 65.4 Å². The lowest BCUT2D eigenvalue weighted by Crippen LogP contribution is -2.53. The van der Waals surface area contributed by atoms with Crippen LogP contribution in [0.3, 0.4) is 0 Å². The Labute approximate surface area is 425 Å². The number of H-pyrrole nitrogens is 2. The summed E-state index contributed by atoms with van der Waals surface area (Å²) in [6.07, 6.45) is 14.9. The quantitative estimate of drug-likeness (QED) is 0.0749. The fourth-order valence-corrected chi connectivity index (χ4v) is 10.3. The first-order valence-electron chi connectivity index (χ1n) is 23.6. The predicted molar refractivity (Wildman–Crippen MR) is 283 cm³/mol. The van der Waals surface area contributed by atoms with E-state index in [0.717, 1.165) is 103 Å². The summed E-state index contributed by atoms with van der Waals surface area (Å²) in [4.78, 5) is 82.4. The van der Waals surface area contributed by atoms with E-state index in [-0.39, 0.29) is 49.7 Å². The number of pyridine rings is 2. The van der Waals surface area contributed by atoms with Crippen LogP contribution in [0.1, 0.15) is 71.4 Å². The average Bonchev–Trinajstić information content (AvgIpc) is 4.23. The zero-order valence-electron chi connectivity index (χ0n) is 40.7. The Bertz CT molecular complexity index is 3170. The summed E-state index contributed by atoms with van der Waals surface area (Å²) in [5, 5.41) is 19.9. The number of likely N-dealkylation sites (tertiary alicyclic amines) is 1. The van der Waals surface area contributed by atoms with Crippen LogP contribution >= 0.6 is 22.7 Å². The molecule has 21 heteroatoms. The summed E-state index contributed by atoms with van der Waals surface area (Å²) in [6, 6.07) is 7.99. The van der Waals surface area contributed by atoms with Gasteiger partial charge in [-0.25, -0.2) is 44.7 Å². The van der Waals surface area contributed by atoms with Gasteiger partial charge in [-0.05, 0) is 95.7 Å². The minimum Gasteiger partial charge on any atom is -0.444 e. The first-order chi connectivity index (χ1) is 34.2. The highest BCUT2D eigenvalue weighted by molar-refractivity contribution is 7.13. The molecule has 0 radical (unpaired) electrons. The summed E-state index contributed by atoms with van der Waals surface area (Å²) >= 11 is 3.11. The molecule has 8 aromatic rings. The number of carbonyl (C=O) groups excluding carboxylic acids is 3. The van der Waals surface area contributed by atoms with Crippen molar-refractivity contribution in [3.63, 3.8) is 0 Å². The second-order valence-corrected chi connectivity index (χ2v) is 20.6. The van der Waals surface area contributed by atoms with Gasteiger partial charge in [0, 0.05) is 115 Å². The van der Waals surface area contributed by atoms with E-state index in [9.17, 15) is 14.4 Å². The van der Waals surface area contributed by atoms with Crippen molar-refractivity contribution >= 4 is 74.5 Å².